The van der Waals surface area contributed by atoms with E-state index in [0.717, 1.165) is 32.1 Å². The van der Waals surface area contributed by atoms with Crippen LogP contribution in [-0.2, 0) is 0 Å². The predicted molar refractivity (Wildman–Crippen MR) is 120 cm³/mol. The van der Waals surface area contributed by atoms with Gasteiger partial charge in [0.1, 0.15) is 11.3 Å². The van der Waals surface area contributed by atoms with Gasteiger partial charge < -0.3 is 24.6 Å². The maximum absolute atomic E-state index is 15.6. The van der Waals surface area contributed by atoms with Crippen molar-refractivity contribution in [3.8, 4) is 11.8 Å². The summed E-state index contributed by atoms with van der Waals surface area (Å²) in [6.07, 6.45) is 6.61. The van der Waals surface area contributed by atoms with Gasteiger partial charge in [-0.1, -0.05) is 6.42 Å². The highest BCUT2D eigenvalue weighted by molar-refractivity contribution is 5.97. The van der Waals surface area contributed by atoms with Crippen molar-refractivity contribution < 1.29 is 19.0 Å². The normalized spacial score (nSPS) is 24.2. The van der Waals surface area contributed by atoms with Crippen molar-refractivity contribution in [1.82, 2.24) is 9.88 Å². The van der Waals surface area contributed by atoms with Crippen molar-refractivity contribution in [3.63, 3.8) is 0 Å². The van der Waals surface area contributed by atoms with Crippen LogP contribution in [0.15, 0.2) is 17.1 Å². The van der Waals surface area contributed by atoms with Gasteiger partial charge in [0.25, 0.3) is 0 Å². The zero-order valence-electron chi connectivity index (χ0n) is 18.6. The lowest BCUT2D eigenvalue weighted by atomic mass is 9.90. The van der Waals surface area contributed by atoms with Gasteiger partial charge in [0.2, 0.25) is 5.43 Å². The molecular weight excluding hydrogens is 427 g/mol. The first-order valence-corrected chi connectivity index (χ1v) is 11.5. The molecular formula is C24H27FN4O4. The molecule has 3 fully saturated rings. The molecule has 0 spiro atoms. The number of pyridine rings is 1. The maximum atomic E-state index is 15.6. The summed E-state index contributed by atoms with van der Waals surface area (Å²) >= 11 is 0. The first-order valence-electron chi connectivity index (χ1n) is 11.5. The van der Waals surface area contributed by atoms with Gasteiger partial charge in [-0.05, 0) is 37.7 Å². The summed E-state index contributed by atoms with van der Waals surface area (Å²) in [6.45, 7) is 1.83. The van der Waals surface area contributed by atoms with E-state index in [4.69, 9.17) is 10.00 Å². The molecule has 2 aliphatic carbocycles. The quantitative estimate of drug-likeness (QED) is 0.619. The first kappa shape index (κ1) is 21.7. The van der Waals surface area contributed by atoms with Gasteiger partial charge in [-0.15, -0.1) is 0 Å². The highest BCUT2D eigenvalue weighted by Crippen LogP contribution is 2.48. The lowest BCUT2D eigenvalue weighted by Crippen LogP contribution is -2.49. The molecule has 0 bridgehead atoms. The van der Waals surface area contributed by atoms with Gasteiger partial charge >= 0.3 is 5.97 Å². The zero-order valence-corrected chi connectivity index (χ0v) is 18.6. The van der Waals surface area contributed by atoms with Gasteiger partial charge in [-0.2, -0.15) is 5.26 Å². The number of benzene rings is 1. The molecule has 1 aromatic heterocycles. The molecule has 0 radical (unpaired) electrons. The number of anilines is 1. The van der Waals surface area contributed by atoms with Crippen LogP contribution in [0.5, 0.6) is 5.75 Å². The number of nitrogens with zero attached hydrogens (tertiary/aromatic N) is 3. The van der Waals surface area contributed by atoms with Crippen molar-refractivity contribution >= 4 is 22.6 Å². The van der Waals surface area contributed by atoms with Crippen LogP contribution in [0.2, 0.25) is 0 Å². The summed E-state index contributed by atoms with van der Waals surface area (Å²) in [4.78, 5) is 26.6. The average molecular weight is 455 g/mol. The van der Waals surface area contributed by atoms with Crippen molar-refractivity contribution in [2.75, 3.05) is 31.6 Å². The Morgan fingerprint density at radius 3 is 2.88 bits per heavy atom. The van der Waals surface area contributed by atoms with Crippen LogP contribution in [-0.4, -0.2) is 47.9 Å². The van der Waals surface area contributed by atoms with E-state index in [1.54, 1.807) is 4.57 Å². The number of carboxylic acid groups (broad SMARTS) is 1. The number of hydrogen-bond donors (Lipinski definition) is 2. The minimum Gasteiger partial charge on any atom is -0.492 e. The van der Waals surface area contributed by atoms with Crippen LogP contribution in [0, 0.1) is 23.1 Å². The molecule has 8 nitrogen and oxygen atoms in total. The number of rotatable bonds is 7. The number of nitriles is 1. The van der Waals surface area contributed by atoms with Gasteiger partial charge in [-0.25, -0.2) is 9.18 Å². The number of hydrogen-bond acceptors (Lipinski definition) is 6. The standard InChI is InChI=1S/C24H27FN4O4/c1-33-22-19-16(21(30)17(23(31)32)12-29(19)15-5-6-15)10-18(25)20(22)28-11-14-4-2-7-24(14,13-28)27-9-3-8-26/h10,12,14-15,27H,2-7,9,11,13H2,1H3,(H,31,32). The summed E-state index contributed by atoms with van der Waals surface area (Å²) < 4.78 is 23.1. The molecule has 2 N–H and O–H groups in total. The second-order valence-electron chi connectivity index (χ2n) is 9.41. The number of fused-ring (bicyclic) bond motifs is 2. The molecule has 2 atom stereocenters. The molecule has 1 saturated heterocycles. The SMILES string of the molecule is COc1c(N2CC3CCCC3(NCCC#N)C2)c(F)cc2c(=O)c(C(=O)O)cn(C3CC3)c12. The molecule has 0 amide bonds. The lowest BCUT2D eigenvalue weighted by Gasteiger charge is -2.31. The number of aromatic carboxylic acids is 1. The topological polar surface area (TPSA) is 108 Å². The molecule has 2 aromatic rings. The number of carboxylic acids is 1. The molecule has 33 heavy (non-hydrogen) atoms. The summed E-state index contributed by atoms with van der Waals surface area (Å²) in [6, 6.07) is 3.41. The van der Waals surface area contributed by atoms with E-state index in [-0.39, 0.29) is 28.3 Å². The fourth-order valence-electron chi connectivity index (χ4n) is 5.84. The zero-order chi connectivity index (χ0) is 23.3. The van der Waals surface area contributed by atoms with E-state index >= 15 is 4.39 Å². The Bertz CT molecular complexity index is 1230. The second kappa shape index (κ2) is 8.03. The Balaban J connectivity index is 1.64. The van der Waals surface area contributed by atoms with E-state index in [9.17, 15) is 14.7 Å². The van der Waals surface area contributed by atoms with Crippen LogP contribution in [0.25, 0.3) is 10.9 Å². The molecule has 9 heteroatoms. The van der Waals surface area contributed by atoms with E-state index in [1.165, 1.54) is 19.4 Å². The van der Waals surface area contributed by atoms with Crippen molar-refractivity contribution in [3.05, 3.63) is 33.9 Å². The Morgan fingerprint density at radius 1 is 1.42 bits per heavy atom. The Labute approximate surface area is 190 Å². The molecule has 5 rings (SSSR count). The summed E-state index contributed by atoms with van der Waals surface area (Å²) in [5, 5.41) is 22.0. The van der Waals surface area contributed by atoms with E-state index in [1.807, 2.05) is 4.90 Å². The number of carbonyl (C=O) groups is 1. The predicted octanol–water partition coefficient (Wildman–Crippen LogP) is 3.04. The third-order valence-corrected chi connectivity index (χ3v) is 7.47. The largest absolute Gasteiger partial charge is 0.492 e. The molecule has 1 aliphatic heterocycles. The number of methoxy groups -OCH3 is 1. The van der Waals surface area contributed by atoms with Crippen LogP contribution in [0.4, 0.5) is 10.1 Å². The number of aromatic nitrogens is 1. The van der Waals surface area contributed by atoms with Crippen LogP contribution in [0.3, 0.4) is 0 Å². The highest BCUT2D eigenvalue weighted by atomic mass is 19.1. The summed E-state index contributed by atoms with van der Waals surface area (Å²) in [7, 11) is 1.46. The molecule has 174 valence electrons. The number of nitrogens with one attached hydrogen (secondary N) is 1. The summed E-state index contributed by atoms with van der Waals surface area (Å²) in [5.74, 6) is -1.31. The average Bonchev–Trinajstić information content (AvgIpc) is 3.46. The summed E-state index contributed by atoms with van der Waals surface area (Å²) in [5.41, 5.74) is -0.467. The Kier molecular flexibility index (Phi) is 5.28. The first-order chi connectivity index (χ1) is 15.9. The smallest absolute Gasteiger partial charge is 0.341 e. The fourth-order valence-corrected chi connectivity index (χ4v) is 5.84. The van der Waals surface area contributed by atoms with Gasteiger partial charge in [0.05, 0.1) is 24.1 Å². The van der Waals surface area contributed by atoms with Crippen LogP contribution in [0.1, 0.15) is 54.9 Å². The molecule has 3 aliphatic rings. The van der Waals surface area contributed by atoms with E-state index < -0.39 is 17.2 Å². The molecule has 2 unspecified atom stereocenters. The third kappa shape index (κ3) is 3.44. The minimum atomic E-state index is -1.32. The second-order valence-corrected chi connectivity index (χ2v) is 9.41. The van der Waals surface area contributed by atoms with Crippen LogP contribution < -0.4 is 20.4 Å². The molecule has 2 saturated carbocycles. The maximum Gasteiger partial charge on any atom is 0.341 e. The van der Waals surface area contributed by atoms with Crippen LogP contribution >= 0.6 is 0 Å². The molecule has 1 aromatic carbocycles. The minimum absolute atomic E-state index is 0.0288. The third-order valence-electron chi connectivity index (χ3n) is 7.47. The number of ether oxygens (including phenoxy) is 1. The van der Waals surface area contributed by atoms with Gasteiger partial charge in [0, 0.05) is 43.8 Å². The Morgan fingerprint density at radius 2 is 2.21 bits per heavy atom. The van der Waals surface area contributed by atoms with Gasteiger partial charge in [-0.3, -0.25) is 4.79 Å². The fraction of sp³-hybridized carbons (Fsp3) is 0.542. The highest BCUT2D eigenvalue weighted by Gasteiger charge is 2.50. The van der Waals surface area contributed by atoms with Crippen molar-refractivity contribution in [2.24, 2.45) is 5.92 Å². The Hall–Kier alpha value is -3.12. The van der Waals surface area contributed by atoms with E-state index in [2.05, 4.69) is 11.4 Å². The molecule has 2 heterocycles. The monoisotopic (exact) mass is 454 g/mol. The van der Waals surface area contributed by atoms with E-state index in [0.29, 0.717) is 43.2 Å². The lowest BCUT2D eigenvalue weighted by molar-refractivity contribution is 0.0694. The van der Waals surface area contributed by atoms with Crippen molar-refractivity contribution in [1.29, 1.82) is 5.26 Å². The van der Waals surface area contributed by atoms with Gasteiger partial charge in [0.15, 0.2) is 11.6 Å². The van der Waals surface area contributed by atoms with Crippen molar-refractivity contribution in [2.45, 2.75) is 50.1 Å². The number of halogens is 1.